The molecule has 2 atom stereocenters. The van der Waals surface area contributed by atoms with Gasteiger partial charge in [0.2, 0.25) is 0 Å². The number of carbonyl (C=O) groups excluding carboxylic acids is 1. The van der Waals surface area contributed by atoms with Crippen molar-refractivity contribution in [3.05, 3.63) is 37.0 Å². The van der Waals surface area contributed by atoms with Gasteiger partial charge in [0.25, 0.3) is 0 Å². The first-order valence-corrected chi connectivity index (χ1v) is 6.56. The van der Waals surface area contributed by atoms with Gasteiger partial charge in [-0.25, -0.2) is 0 Å². The molecule has 0 aromatic heterocycles. The van der Waals surface area contributed by atoms with E-state index in [0.717, 1.165) is 25.7 Å². The largest absolute Gasteiger partial charge is 0.458 e. The van der Waals surface area contributed by atoms with Crippen molar-refractivity contribution in [1.82, 2.24) is 0 Å². The Morgan fingerprint density at radius 2 is 2.00 bits per heavy atom. The van der Waals surface area contributed by atoms with Crippen molar-refractivity contribution in [2.24, 2.45) is 5.92 Å². The van der Waals surface area contributed by atoms with Crippen LogP contribution in [0.4, 0.5) is 0 Å². The van der Waals surface area contributed by atoms with Crippen molar-refractivity contribution in [2.75, 3.05) is 0 Å². The van der Waals surface area contributed by atoms with Gasteiger partial charge in [0.05, 0.1) is 0 Å². The number of ether oxygens (including phenoxy) is 1. The van der Waals surface area contributed by atoms with Crippen LogP contribution in [0.1, 0.15) is 46.5 Å². The normalized spacial score (nSPS) is 14.2. The first kappa shape index (κ1) is 16.7. The Labute approximate surface area is 111 Å². The number of hydrogen-bond donors (Lipinski definition) is 0. The van der Waals surface area contributed by atoms with Crippen LogP contribution in [-0.2, 0) is 9.53 Å². The SMILES string of the molecule is C=CC(CCC(C)C=CCCC(=C)C)OC(C)=O. The zero-order valence-electron chi connectivity index (χ0n) is 11.9. The molecule has 0 aliphatic carbocycles. The van der Waals surface area contributed by atoms with Gasteiger partial charge in [-0.3, -0.25) is 4.79 Å². The van der Waals surface area contributed by atoms with Crippen molar-refractivity contribution in [1.29, 1.82) is 0 Å². The van der Waals surface area contributed by atoms with Gasteiger partial charge in [0.15, 0.2) is 0 Å². The van der Waals surface area contributed by atoms with Crippen LogP contribution in [0.15, 0.2) is 37.0 Å². The third-order valence-corrected chi connectivity index (χ3v) is 2.69. The molecule has 0 spiro atoms. The predicted octanol–water partition coefficient (Wildman–Crippen LogP) is 4.43. The van der Waals surface area contributed by atoms with E-state index in [-0.39, 0.29) is 12.1 Å². The van der Waals surface area contributed by atoms with Gasteiger partial charge in [-0.2, -0.15) is 0 Å². The molecular weight excluding hydrogens is 224 g/mol. The van der Waals surface area contributed by atoms with Gasteiger partial charge in [0.1, 0.15) is 6.10 Å². The van der Waals surface area contributed by atoms with Gasteiger partial charge in [-0.1, -0.05) is 37.3 Å². The average Bonchev–Trinajstić information content (AvgIpc) is 2.29. The first-order chi connectivity index (χ1) is 8.45. The number of allylic oxidation sites excluding steroid dienone is 3. The van der Waals surface area contributed by atoms with Gasteiger partial charge in [-0.05, 0) is 38.5 Å². The molecule has 0 heterocycles. The molecule has 2 unspecified atom stereocenters. The lowest BCUT2D eigenvalue weighted by atomic mass is 10.0. The average molecular weight is 250 g/mol. The Balaban J connectivity index is 3.86. The lowest BCUT2D eigenvalue weighted by Gasteiger charge is -2.14. The van der Waals surface area contributed by atoms with E-state index in [0.29, 0.717) is 5.92 Å². The van der Waals surface area contributed by atoms with Gasteiger partial charge < -0.3 is 4.74 Å². The summed E-state index contributed by atoms with van der Waals surface area (Å²) in [5.41, 5.74) is 1.22. The Morgan fingerprint density at radius 1 is 1.33 bits per heavy atom. The smallest absolute Gasteiger partial charge is 0.303 e. The molecule has 0 fully saturated rings. The van der Waals surface area contributed by atoms with E-state index in [1.165, 1.54) is 12.5 Å². The van der Waals surface area contributed by atoms with E-state index in [4.69, 9.17) is 4.74 Å². The number of carbonyl (C=O) groups is 1. The molecule has 0 rings (SSSR count). The standard InChI is InChI=1S/C16H26O2/c1-6-16(18-15(5)17)12-11-14(4)10-8-7-9-13(2)3/h6,8,10,14,16H,1-2,7,9,11-12H2,3-5H3. The highest BCUT2D eigenvalue weighted by Crippen LogP contribution is 2.13. The van der Waals surface area contributed by atoms with Crippen LogP contribution in [0.3, 0.4) is 0 Å². The number of hydrogen-bond acceptors (Lipinski definition) is 2. The van der Waals surface area contributed by atoms with Crippen LogP contribution in [0.2, 0.25) is 0 Å². The minimum absolute atomic E-state index is 0.159. The van der Waals surface area contributed by atoms with Crippen molar-refractivity contribution in [2.45, 2.75) is 52.6 Å². The fraction of sp³-hybridized carbons (Fsp3) is 0.562. The summed E-state index contributed by atoms with van der Waals surface area (Å²) >= 11 is 0. The highest BCUT2D eigenvalue weighted by molar-refractivity contribution is 5.66. The number of esters is 1. The maximum atomic E-state index is 10.8. The van der Waals surface area contributed by atoms with Crippen molar-refractivity contribution < 1.29 is 9.53 Å². The Kier molecular flexibility index (Phi) is 8.99. The van der Waals surface area contributed by atoms with Gasteiger partial charge >= 0.3 is 5.97 Å². The molecule has 0 bridgehead atoms. The predicted molar refractivity (Wildman–Crippen MR) is 77.3 cm³/mol. The molecule has 0 aliphatic rings. The van der Waals surface area contributed by atoms with Gasteiger partial charge in [0, 0.05) is 6.92 Å². The molecule has 0 aromatic rings. The lowest BCUT2D eigenvalue weighted by Crippen LogP contribution is -2.14. The highest BCUT2D eigenvalue weighted by Gasteiger charge is 2.08. The van der Waals surface area contributed by atoms with Crippen molar-refractivity contribution in [3.8, 4) is 0 Å². The second-order valence-corrected chi connectivity index (χ2v) is 4.86. The summed E-state index contributed by atoms with van der Waals surface area (Å²) in [5, 5.41) is 0. The molecule has 18 heavy (non-hydrogen) atoms. The maximum Gasteiger partial charge on any atom is 0.303 e. The van der Waals surface area contributed by atoms with Crippen LogP contribution in [0.25, 0.3) is 0 Å². The molecule has 102 valence electrons. The van der Waals surface area contributed by atoms with Crippen molar-refractivity contribution in [3.63, 3.8) is 0 Å². The summed E-state index contributed by atoms with van der Waals surface area (Å²) in [6, 6.07) is 0. The molecule has 0 radical (unpaired) electrons. The van der Waals surface area contributed by atoms with E-state index in [9.17, 15) is 4.79 Å². The Bertz CT molecular complexity index is 302. The third kappa shape index (κ3) is 9.88. The third-order valence-electron chi connectivity index (χ3n) is 2.69. The summed E-state index contributed by atoms with van der Waals surface area (Å²) in [6.45, 7) is 13.2. The Hall–Kier alpha value is -1.31. The molecular formula is C16H26O2. The van der Waals surface area contributed by atoms with Crippen LogP contribution < -0.4 is 0 Å². The minimum Gasteiger partial charge on any atom is -0.458 e. The quantitative estimate of drug-likeness (QED) is 0.447. The first-order valence-electron chi connectivity index (χ1n) is 6.56. The second kappa shape index (κ2) is 9.69. The van der Waals surface area contributed by atoms with Crippen LogP contribution in [-0.4, -0.2) is 12.1 Å². The van der Waals surface area contributed by atoms with E-state index in [1.807, 2.05) is 6.92 Å². The topological polar surface area (TPSA) is 26.3 Å². The minimum atomic E-state index is -0.246. The van der Waals surface area contributed by atoms with E-state index < -0.39 is 0 Å². The molecule has 0 aromatic carbocycles. The molecule has 0 amide bonds. The van der Waals surface area contributed by atoms with Crippen LogP contribution >= 0.6 is 0 Å². The molecule has 0 N–H and O–H groups in total. The monoisotopic (exact) mass is 250 g/mol. The second-order valence-electron chi connectivity index (χ2n) is 4.86. The van der Waals surface area contributed by atoms with Crippen molar-refractivity contribution >= 4 is 5.97 Å². The van der Waals surface area contributed by atoms with E-state index in [1.54, 1.807) is 6.08 Å². The summed E-state index contributed by atoms with van der Waals surface area (Å²) in [6.07, 6.45) is 9.88. The summed E-state index contributed by atoms with van der Waals surface area (Å²) in [4.78, 5) is 10.8. The van der Waals surface area contributed by atoms with E-state index in [2.05, 4.69) is 32.2 Å². The highest BCUT2D eigenvalue weighted by atomic mass is 16.5. The summed E-state index contributed by atoms with van der Waals surface area (Å²) < 4.78 is 5.11. The lowest BCUT2D eigenvalue weighted by molar-refractivity contribution is -0.144. The molecule has 0 aliphatic heterocycles. The maximum absolute atomic E-state index is 10.8. The fourth-order valence-corrected chi connectivity index (χ4v) is 1.62. The molecule has 0 saturated carbocycles. The molecule has 2 nitrogen and oxygen atoms in total. The summed E-state index contributed by atoms with van der Waals surface area (Å²) in [7, 11) is 0. The fourth-order valence-electron chi connectivity index (χ4n) is 1.62. The Morgan fingerprint density at radius 3 is 2.50 bits per heavy atom. The summed E-state index contributed by atoms with van der Waals surface area (Å²) in [5.74, 6) is 0.248. The van der Waals surface area contributed by atoms with Crippen LogP contribution in [0, 0.1) is 5.92 Å². The van der Waals surface area contributed by atoms with Crippen LogP contribution in [0.5, 0.6) is 0 Å². The molecule has 2 heteroatoms. The van der Waals surface area contributed by atoms with E-state index >= 15 is 0 Å². The zero-order chi connectivity index (χ0) is 14.0. The van der Waals surface area contributed by atoms with Gasteiger partial charge in [-0.15, -0.1) is 6.58 Å². The number of rotatable bonds is 9. The zero-order valence-corrected chi connectivity index (χ0v) is 11.9. The molecule has 0 saturated heterocycles.